The van der Waals surface area contributed by atoms with Crippen LogP contribution in [0.15, 0.2) is 24.3 Å². The number of hydrogen-bond donors (Lipinski definition) is 8. The summed E-state index contributed by atoms with van der Waals surface area (Å²) in [6.45, 7) is -0.490. The molecule has 0 aliphatic carbocycles. The Labute approximate surface area is 238 Å². The van der Waals surface area contributed by atoms with Crippen LogP contribution in [0.25, 0.3) is 0 Å². The molecular formula is C27H42N2O10S. The van der Waals surface area contributed by atoms with Gasteiger partial charge in [-0.05, 0) is 36.3 Å². The van der Waals surface area contributed by atoms with E-state index < -0.39 is 54.4 Å². The highest BCUT2D eigenvalue weighted by Crippen LogP contribution is 2.29. The molecular weight excluding hydrogens is 544 g/mol. The maximum Gasteiger partial charge on any atom is 0.305 e. The van der Waals surface area contributed by atoms with Crippen LogP contribution in [-0.4, -0.2) is 103 Å². The van der Waals surface area contributed by atoms with Gasteiger partial charge in [-0.15, -0.1) is 11.8 Å². The minimum Gasteiger partial charge on any atom is -0.508 e. The Bertz CT molecular complexity index is 917. The molecule has 2 amide bonds. The molecule has 6 atom stereocenters. The van der Waals surface area contributed by atoms with Crippen LogP contribution in [0.1, 0.15) is 56.9 Å². The molecule has 226 valence electrons. The summed E-state index contributed by atoms with van der Waals surface area (Å²) in [5.41, 5.74) is 0.0207. The normalized spacial score (nSPS) is 23.4. The van der Waals surface area contributed by atoms with E-state index in [9.17, 15) is 39.9 Å². The van der Waals surface area contributed by atoms with Crippen molar-refractivity contribution in [2.45, 2.75) is 93.7 Å². The molecule has 0 saturated carbocycles. The topological polar surface area (TPSA) is 206 Å². The number of aliphatic hydroxyl groups excluding tert-OH is 4. The van der Waals surface area contributed by atoms with Crippen molar-refractivity contribution in [1.82, 2.24) is 10.6 Å². The number of phenols is 1. The number of rotatable bonds is 18. The molecule has 8 N–H and O–H groups in total. The summed E-state index contributed by atoms with van der Waals surface area (Å²) >= 11 is 1.34. The number of carboxylic acids is 1. The second-order valence-corrected chi connectivity index (χ2v) is 11.1. The fraction of sp³-hybridized carbons (Fsp3) is 0.667. The Balaban J connectivity index is 1.64. The van der Waals surface area contributed by atoms with Crippen molar-refractivity contribution in [3.63, 3.8) is 0 Å². The van der Waals surface area contributed by atoms with Gasteiger partial charge < -0.3 is 46.0 Å². The molecule has 1 aromatic rings. The largest absolute Gasteiger partial charge is 0.508 e. The van der Waals surface area contributed by atoms with Crippen molar-refractivity contribution in [2.24, 2.45) is 0 Å². The first kappa shape index (κ1) is 33.8. The number of carbonyl (C=O) groups excluding carboxylic acids is 2. The number of aliphatic hydroxyl groups is 4. The Morgan fingerprint density at radius 1 is 0.900 bits per heavy atom. The van der Waals surface area contributed by atoms with Gasteiger partial charge in [0.2, 0.25) is 11.8 Å². The fourth-order valence-electron chi connectivity index (χ4n) is 4.26. The highest BCUT2D eigenvalue weighted by molar-refractivity contribution is 7.99. The van der Waals surface area contributed by atoms with Crippen LogP contribution in [0.4, 0.5) is 0 Å². The van der Waals surface area contributed by atoms with Gasteiger partial charge in [0.15, 0.2) is 0 Å². The number of ether oxygens (including phenoxy) is 1. The number of phenolic OH excluding ortho intramolecular Hbond substituents is 1. The van der Waals surface area contributed by atoms with E-state index in [0.717, 1.165) is 37.7 Å². The minimum atomic E-state index is -1.37. The molecule has 0 bridgehead atoms. The molecule has 2 rings (SSSR count). The minimum absolute atomic E-state index is 0.0445. The van der Waals surface area contributed by atoms with Crippen molar-refractivity contribution < 1.29 is 49.8 Å². The molecule has 1 aromatic carbocycles. The number of hydrogen-bond acceptors (Lipinski definition) is 10. The molecule has 1 aliphatic rings. The molecule has 0 aromatic heterocycles. The number of benzene rings is 1. The predicted octanol–water partition coefficient (Wildman–Crippen LogP) is 0.274. The Hall–Kier alpha value is -2.42. The predicted molar refractivity (Wildman–Crippen MR) is 148 cm³/mol. The number of unbranched alkanes of at least 4 members (excludes halogenated alkanes) is 5. The first-order chi connectivity index (χ1) is 19.1. The van der Waals surface area contributed by atoms with Crippen LogP contribution in [-0.2, 0) is 25.5 Å². The summed E-state index contributed by atoms with van der Waals surface area (Å²) in [4.78, 5) is 35.8. The van der Waals surface area contributed by atoms with Crippen LogP contribution in [0.3, 0.4) is 0 Å². The van der Waals surface area contributed by atoms with Crippen LogP contribution in [0, 0.1) is 0 Å². The van der Waals surface area contributed by atoms with Gasteiger partial charge in [-0.1, -0.05) is 37.8 Å². The second kappa shape index (κ2) is 18.1. The number of nitrogens with one attached hydrogen (secondary N) is 2. The third kappa shape index (κ3) is 12.0. The lowest BCUT2D eigenvalue weighted by Crippen LogP contribution is -2.57. The van der Waals surface area contributed by atoms with E-state index >= 15 is 0 Å². The van der Waals surface area contributed by atoms with Gasteiger partial charge in [0.25, 0.3) is 0 Å². The average Bonchev–Trinajstić information content (AvgIpc) is 2.92. The standard InChI is InChI=1S/C27H42N2O10S/c30-16-20-23(35)24(36)25(37)27(39-20)40-14-6-4-2-1-3-5-7-21(32)29-19(26(38)28-13-12-22(33)34)15-17-8-10-18(31)11-9-17/h8-11,19-20,23-25,27,30-31,35-37H,1-7,12-16H2,(H,28,38)(H,29,32)(H,33,34)/t19-,20+,23+,24-,25+,27-/m0/s1. The first-order valence-electron chi connectivity index (χ1n) is 13.6. The van der Waals surface area contributed by atoms with Crippen LogP contribution < -0.4 is 10.6 Å². The summed E-state index contributed by atoms with van der Waals surface area (Å²) in [6.07, 6.45) is 0.520. The molecule has 13 heteroatoms. The highest BCUT2D eigenvalue weighted by Gasteiger charge is 2.43. The Kier molecular flexibility index (Phi) is 15.3. The first-order valence-corrected chi connectivity index (χ1v) is 14.7. The smallest absolute Gasteiger partial charge is 0.305 e. The third-order valence-corrected chi connectivity index (χ3v) is 7.84. The molecule has 0 radical (unpaired) electrons. The van der Waals surface area contributed by atoms with Gasteiger partial charge in [0.1, 0.15) is 41.6 Å². The van der Waals surface area contributed by atoms with E-state index in [1.165, 1.54) is 23.9 Å². The summed E-state index contributed by atoms with van der Waals surface area (Å²) in [6, 6.07) is 5.42. The quantitative estimate of drug-likeness (QED) is 0.110. The maximum absolute atomic E-state index is 12.6. The lowest BCUT2D eigenvalue weighted by atomic mass is 10.0. The molecule has 0 unspecified atom stereocenters. The molecule has 40 heavy (non-hydrogen) atoms. The number of thioether (sulfide) groups is 1. The lowest BCUT2D eigenvalue weighted by Gasteiger charge is -2.39. The molecule has 1 fully saturated rings. The van der Waals surface area contributed by atoms with E-state index in [0.29, 0.717) is 12.2 Å². The molecule has 0 spiro atoms. The number of carboxylic acid groups (broad SMARTS) is 1. The zero-order valence-electron chi connectivity index (χ0n) is 22.5. The summed E-state index contributed by atoms with van der Waals surface area (Å²) in [5.74, 6) is -1.01. The van der Waals surface area contributed by atoms with Gasteiger partial charge in [-0.3, -0.25) is 14.4 Å². The monoisotopic (exact) mass is 586 g/mol. The van der Waals surface area contributed by atoms with E-state index in [4.69, 9.17) is 9.84 Å². The molecule has 1 aliphatic heterocycles. The Morgan fingerprint density at radius 2 is 1.55 bits per heavy atom. The maximum atomic E-state index is 12.6. The van der Waals surface area contributed by atoms with Crippen molar-refractivity contribution in [1.29, 1.82) is 0 Å². The van der Waals surface area contributed by atoms with E-state index in [1.807, 2.05) is 0 Å². The van der Waals surface area contributed by atoms with Crippen LogP contribution in [0.2, 0.25) is 0 Å². The number of aliphatic carboxylic acids is 1. The number of aromatic hydroxyl groups is 1. The zero-order valence-corrected chi connectivity index (χ0v) is 23.3. The lowest BCUT2D eigenvalue weighted by molar-refractivity contribution is -0.205. The second-order valence-electron chi connectivity index (χ2n) is 9.86. The van der Waals surface area contributed by atoms with Crippen LogP contribution >= 0.6 is 11.8 Å². The van der Waals surface area contributed by atoms with Gasteiger partial charge in [0, 0.05) is 19.4 Å². The molecule has 1 saturated heterocycles. The van der Waals surface area contributed by atoms with Crippen molar-refractivity contribution in [2.75, 3.05) is 18.9 Å². The zero-order chi connectivity index (χ0) is 29.5. The molecule has 1 heterocycles. The number of carbonyl (C=O) groups is 3. The van der Waals surface area contributed by atoms with E-state index in [-0.39, 0.29) is 37.5 Å². The summed E-state index contributed by atoms with van der Waals surface area (Å²) in [5, 5.41) is 62.6. The van der Waals surface area contributed by atoms with Gasteiger partial charge in [-0.2, -0.15) is 0 Å². The summed E-state index contributed by atoms with van der Waals surface area (Å²) < 4.78 is 5.48. The van der Waals surface area contributed by atoms with Crippen LogP contribution in [0.5, 0.6) is 5.75 Å². The molecule has 12 nitrogen and oxygen atoms in total. The summed E-state index contributed by atoms with van der Waals surface area (Å²) in [7, 11) is 0. The van der Waals surface area contributed by atoms with Crippen molar-refractivity contribution in [3.8, 4) is 5.75 Å². The van der Waals surface area contributed by atoms with E-state index in [1.54, 1.807) is 12.1 Å². The van der Waals surface area contributed by atoms with Gasteiger partial charge in [-0.25, -0.2) is 0 Å². The van der Waals surface area contributed by atoms with Crippen molar-refractivity contribution >= 4 is 29.5 Å². The fourth-order valence-corrected chi connectivity index (χ4v) is 5.44. The highest BCUT2D eigenvalue weighted by atomic mass is 32.2. The SMILES string of the molecule is O=C(O)CCNC(=O)[C@H](Cc1ccc(O)cc1)NC(=O)CCCCCCCCS[C@@H]1O[C@H](CO)[C@@H](O)[C@H](O)[C@H]1O. The van der Waals surface area contributed by atoms with Crippen molar-refractivity contribution in [3.05, 3.63) is 29.8 Å². The Morgan fingerprint density at radius 3 is 2.20 bits per heavy atom. The average molecular weight is 587 g/mol. The number of amides is 2. The van der Waals surface area contributed by atoms with Gasteiger partial charge in [0.05, 0.1) is 13.0 Å². The van der Waals surface area contributed by atoms with E-state index in [2.05, 4.69) is 10.6 Å². The van der Waals surface area contributed by atoms with Gasteiger partial charge >= 0.3 is 5.97 Å². The third-order valence-electron chi connectivity index (χ3n) is 6.59.